The van der Waals surface area contributed by atoms with Gasteiger partial charge in [0.15, 0.2) is 9.84 Å². The van der Waals surface area contributed by atoms with Gasteiger partial charge in [0.25, 0.3) is 0 Å². The van der Waals surface area contributed by atoms with E-state index in [1.807, 2.05) is 0 Å². The summed E-state index contributed by atoms with van der Waals surface area (Å²) in [6.45, 7) is 4.74. The predicted molar refractivity (Wildman–Crippen MR) is 49.6 cm³/mol. The molecule has 0 spiro atoms. The molecule has 1 aliphatic heterocycles. The van der Waals surface area contributed by atoms with Crippen LogP contribution in [0.15, 0.2) is 0 Å². The van der Waals surface area contributed by atoms with Crippen molar-refractivity contribution < 1.29 is 8.42 Å². The second-order valence-electron chi connectivity index (χ2n) is 4.09. The fraction of sp³-hybridized carbons (Fsp3) is 1.00. The van der Waals surface area contributed by atoms with Gasteiger partial charge in [-0.25, -0.2) is 8.42 Å². The monoisotopic (exact) mass is 191 g/mol. The van der Waals surface area contributed by atoms with Gasteiger partial charge in [0.1, 0.15) is 0 Å². The largest absolute Gasteiger partial charge is 0.330 e. The lowest BCUT2D eigenvalue weighted by Crippen LogP contribution is -2.52. The quantitative estimate of drug-likeness (QED) is 0.702. The Kier molecular flexibility index (Phi) is 2.50. The minimum absolute atomic E-state index is 0.00637. The summed E-state index contributed by atoms with van der Waals surface area (Å²) in [5.41, 5.74) is 5.45. The fourth-order valence-electron chi connectivity index (χ4n) is 1.89. The average Bonchev–Trinajstić information content (AvgIpc) is 1.83. The Morgan fingerprint density at radius 3 is 2.17 bits per heavy atom. The van der Waals surface area contributed by atoms with Gasteiger partial charge in [-0.15, -0.1) is 0 Å². The van der Waals surface area contributed by atoms with Gasteiger partial charge in [0.05, 0.1) is 11.5 Å². The lowest BCUT2D eigenvalue weighted by Gasteiger charge is -2.44. The van der Waals surface area contributed by atoms with Crippen molar-refractivity contribution in [3.05, 3.63) is 0 Å². The molecule has 0 bridgehead atoms. The van der Waals surface area contributed by atoms with Crippen molar-refractivity contribution in [3.8, 4) is 0 Å². The van der Waals surface area contributed by atoms with Crippen LogP contribution in [0.2, 0.25) is 0 Å². The van der Waals surface area contributed by atoms with E-state index in [1.165, 1.54) is 0 Å². The first-order valence-corrected chi connectivity index (χ1v) is 6.14. The van der Waals surface area contributed by atoms with Crippen LogP contribution in [-0.2, 0) is 9.84 Å². The molecule has 0 radical (unpaired) electrons. The third kappa shape index (κ3) is 1.64. The molecule has 4 heteroatoms. The summed E-state index contributed by atoms with van der Waals surface area (Å²) >= 11 is 0. The van der Waals surface area contributed by atoms with Gasteiger partial charge in [-0.05, 0) is 18.9 Å². The number of hydrogen-bond donors (Lipinski definition) is 1. The van der Waals surface area contributed by atoms with Crippen LogP contribution in [0.1, 0.15) is 20.3 Å². The summed E-state index contributed by atoms with van der Waals surface area (Å²) in [4.78, 5) is 0. The van der Waals surface area contributed by atoms with E-state index in [1.54, 1.807) is 0 Å². The molecule has 0 aromatic rings. The zero-order chi connectivity index (χ0) is 9.41. The van der Waals surface area contributed by atoms with E-state index < -0.39 is 9.84 Å². The van der Waals surface area contributed by atoms with Gasteiger partial charge in [-0.2, -0.15) is 0 Å². The van der Waals surface area contributed by atoms with Gasteiger partial charge in [0, 0.05) is 5.41 Å². The molecule has 0 saturated carbocycles. The van der Waals surface area contributed by atoms with Crippen molar-refractivity contribution in [3.63, 3.8) is 0 Å². The van der Waals surface area contributed by atoms with E-state index in [9.17, 15) is 8.42 Å². The summed E-state index contributed by atoms with van der Waals surface area (Å²) < 4.78 is 22.1. The van der Waals surface area contributed by atoms with E-state index in [2.05, 4.69) is 13.8 Å². The van der Waals surface area contributed by atoms with Crippen molar-refractivity contribution in [2.24, 2.45) is 17.1 Å². The highest BCUT2D eigenvalue weighted by Gasteiger charge is 2.49. The number of nitrogens with two attached hydrogens (primary N) is 1. The Hall–Kier alpha value is -0.0900. The second kappa shape index (κ2) is 3.00. The molecular weight excluding hydrogens is 174 g/mol. The van der Waals surface area contributed by atoms with Crippen LogP contribution in [-0.4, -0.2) is 26.5 Å². The molecule has 0 aromatic carbocycles. The van der Waals surface area contributed by atoms with Crippen molar-refractivity contribution in [2.75, 3.05) is 18.1 Å². The smallest absolute Gasteiger partial charge is 0.151 e. The van der Waals surface area contributed by atoms with E-state index in [0.717, 1.165) is 6.42 Å². The maximum Gasteiger partial charge on any atom is 0.151 e. The molecule has 1 aliphatic rings. The highest BCUT2D eigenvalue weighted by Crippen LogP contribution is 2.42. The molecular formula is C8H17NO2S. The van der Waals surface area contributed by atoms with Crippen molar-refractivity contribution >= 4 is 9.84 Å². The number of rotatable bonds is 3. The molecule has 0 atom stereocenters. The van der Waals surface area contributed by atoms with Gasteiger partial charge >= 0.3 is 0 Å². The zero-order valence-corrected chi connectivity index (χ0v) is 8.52. The normalized spacial score (nSPS) is 25.3. The zero-order valence-electron chi connectivity index (χ0n) is 7.71. The summed E-state index contributed by atoms with van der Waals surface area (Å²) in [6, 6.07) is 0. The molecule has 1 saturated heterocycles. The van der Waals surface area contributed by atoms with E-state index >= 15 is 0 Å². The third-order valence-electron chi connectivity index (χ3n) is 2.88. The van der Waals surface area contributed by atoms with Crippen LogP contribution in [0.3, 0.4) is 0 Å². The highest BCUT2D eigenvalue weighted by atomic mass is 32.2. The molecule has 72 valence electrons. The summed E-state index contributed by atoms with van der Waals surface area (Å²) in [5, 5.41) is 0. The van der Waals surface area contributed by atoms with E-state index in [0.29, 0.717) is 24.0 Å². The van der Waals surface area contributed by atoms with Gasteiger partial charge < -0.3 is 5.73 Å². The average molecular weight is 191 g/mol. The first-order chi connectivity index (χ1) is 5.42. The summed E-state index contributed by atoms with van der Waals surface area (Å²) in [5.74, 6) is 1.11. The van der Waals surface area contributed by atoms with Crippen LogP contribution in [0, 0.1) is 11.3 Å². The molecule has 0 amide bonds. The van der Waals surface area contributed by atoms with Crippen LogP contribution in [0.5, 0.6) is 0 Å². The number of sulfone groups is 1. The highest BCUT2D eigenvalue weighted by molar-refractivity contribution is 7.92. The van der Waals surface area contributed by atoms with E-state index in [4.69, 9.17) is 5.73 Å². The SMILES string of the molecule is CC(C)C1(CCN)CS(=O)(=O)C1. The van der Waals surface area contributed by atoms with Crippen LogP contribution < -0.4 is 5.73 Å². The Morgan fingerprint density at radius 1 is 1.42 bits per heavy atom. The molecule has 1 fully saturated rings. The van der Waals surface area contributed by atoms with Crippen molar-refractivity contribution in [2.45, 2.75) is 20.3 Å². The minimum atomic E-state index is -2.71. The third-order valence-corrected chi connectivity index (χ3v) is 4.91. The van der Waals surface area contributed by atoms with Gasteiger partial charge in [-0.3, -0.25) is 0 Å². The van der Waals surface area contributed by atoms with Crippen molar-refractivity contribution in [1.29, 1.82) is 0 Å². The predicted octanol–water partition coefficient (Wildman–Crippen LogP) is 0.406. The van der Waals surface area contributed by atoms with Crippen molar-refractivity contribution in [1.82, 2.24) is 0 Å². The Morgan fingerprint density at radius 2 is 1.92 bits per heavy atom. The first-order valence-electron chi connectivity index (χ1n) is 4.32. The Balaban J connectivity index is 2.68. The maximum atomic E-state index is 11.0. The van der Waals surface area contributed by atoms with Crippen LogP contribution in [0.25, 0.3) is 0 Å². The molecule has 3 nitrogen and oxygen atoms in total. The molecule has 0 unspecified atom stereocenters. The maximum absolute atomic E-state index is 11.0. The molecule has 12 heavy (non-hydrogen) atoms. The van der Waals surface area contributed by atoms with E-state index in [-0.39, 0.29) is 5.41 Å². The molecule has 2 N–H and O–H groups in total. The number of hydrogen-bond acceptors (Lipinski definition) is 3. The summed E-state index contributed by atoms with van der Waals surface area (Å²) in [6.07, 6.45) is 0.837. The summed E-state index contributed by atoms with van der Waals surface area (Å²) in [7, 11) is -2.71. The second-order valence-corrected chi connectivity index (χ2v) is 6.15. The standard InChI is InChI=1S/C8H17NO2S/c1-7(2)8(3-4-9)5-12(10,11)6-8/h7H,3-6,9H2,1-2H3. The Bertz CT molecular complexity index is 244. The van der Waals surface area contributed by atoms with Gasteiger partial charge in [0.2, 0.25) is 0 Å². The van der Waals surface area contributed by atoms with Gasteiger partial charge in [-0.1, -0.05) is 13.8 Å². The fourth-order valence-corrected chi connectivity index (χ4v) is 4.51. The lowest BCUT2D eigenvalue weighted by molar-refractivity contribution is 0.215. The van der Waals surface area contributed by atoms with Crippen LogP contribution in [0.4, 0.5) is 0 Å². The minimum Gasteiger partial charge on any atom is -0.330 e. The lowest BCUT2D eigenvalue weighted by atomic mass is 9.77. The van der Waals surface area contributed by atoms with Crippen LogP contribution >= 0.6 is 0 Å². The topological polar surface area (TPSA) is 60.2 Å². The first kappa shape index (κ1) is 9.99. The molecule has 1 heterocycles. The molecule has 0 aromatic heterocycles. The molecule has 0 aliphatic carbocycles. The molecule has 1 rings (SSSR count). The Labute approximate surface area is 74.3 Å².